The van der Waals surface area contributed by atoms with Gasteiger partial charge in [0.1, 0.15) is 11.5 Å². The van der Waals surface area contributed by atoms with Crippen LogP contribution in [0.1, 0.15) is 103 Å². The molecule has 0 spiro atoms. The molecule has 2 aliphatic carbocycles. The molecule has 0 amide bonds. The van der Waals surface area contributed by atoms with E-state index in [1.807, 2.05) is 12.1 Å². The maximum atomic E-state index is 8.50. The van der Waals surface area contributed by atoms with Gasteiger partial charge >= 0.3 is 6.01 Å². The van der Waals surface area contributed by atoms with E-state index in [1.165, 1.54) is 57.8 Å². The smallest absolute Gasteiger partial charge is 0.324 e. The third kappa shape index (κ3) is 15.6. The second-order valence-electron chi connectivity index (χ2n) is 15.8. The fourth-order valence-corrected chi connectivity index (χ4v) is 8.43. The van der Waals surface area contributed by atoms with Gasteiger partial charge in [-0.1, -0.05) is 74.6 Å². The van der Waals surface area contributed by atoms with Gasteiger partial charge in [-0.05, 0) is 112 Å². The van der Waals surface area contributed by atoms with E-state index >= 15 is 0 Å². The normalized spacial score (nSPS) is 19.4. The molecule has 2 atom stereocenters. The van der Waals surface area contributed by atoms with Crippen LogP contribution >= 0.6 is 34.8 Å². The van der Waals surface area contributed by atoms with Crippen molar-refractivity contribution < 1.29 is 19.3 Å². The lowest BCUT2D eigenvalue weighted by Crippen LogP contribution is -2.29. The molecule has 0 bridgehead atoms. The molecule has 8 rings (SSSR count). The summed E-state index contributed by atoms with van der Waals surface area (Å²) in [7, 11) is 3.16. The second-order valence-corrected chi connectivity index (χ2v) is 17.0. The average molecular weight is 916 g/mol. The van der Waals surface area contributed by atoms with Crippen molar-refractivity contribution in [1.29, 1.82) is 0 Å². The lowest BCUT2D eigenvalue weighted by molar-refractivity contribution is 0.171. The SMILES string of the molecule is COc1ccc(Nc2nc(Cl)nc(NC3CCCCCC3)n2)cc1Cl.COc1ccc(Nc2nc(NC3CCCCCC3)nc(OC3CCCN3)n2)cc1Cl.OCC1CCCN1. The molecular weight excluding hydrogens is 855 g/mol. The molecule has 2 aromatic heterocycles. The van der Waals surface area contributed by atoms with E-state index in [0.29, 0.717) is 76.1 Å². The van der Waals surface area contributed by atoms with Crippen molar-refractivity contribution in [2.45, 2.75) is 127 Å². The van der Waals surface area contributed by atoms with Crippen molar-refractivity contribution in [2.75, 3.05) is 55.2 Å². The Hall–Kier alpha value is -4.19. The molecular formula is C43H61Cl3N12O4. The van der Waals surface area contributed by atoms with Gasteiger partial charge in [0.15, 0.2) is 6.23 Å². The van der Waals surface area contributed by atoms with E-state index in [2.05, 4.69) is 61.8 Å². The number of aromatic nitrogens is 6. The highest BCUT2D eigenvalue weighted by atomic mass is 35.5. The lowest BCUT2D eigenvalue weighted by atomic mass is 10.1. The monoisotopic (exact) mass is 914 g/mol. The number of nitrogens with zero attached hydrogens (tertiary/aromatic N) is 6. The summed E-state index contributed by atoms with van der Waals surface area (Å²) in [5, 5.41) is 29.3. The first kappa shape index (κ1) is 47.3. The minimum absolute atomic E-state index is 0.0681. The molecule has 2 aliphatic heterocycles. The molecule has 2 unspecified atom stereocenters. The Bertz CT molecular complexity index is 1960. The van der Waals surface area contributed by atoms with Gasteiger partial charge in [0.05, 0.1) is 30.9 Å². The van der Waals surface area contributed by atoms with Crippen molar-refractivity contribution in [3.63, 3.8) is 0 Å². The van der Waals surface area contributed by atoms with Crippen LogP contribution in [0, 0.1) is 0 Å². The highest BCUT2D eigenvalue weighted by Gasteiger charge is 2.21. The number of aliphatic hydroxyl groups is 1. The molecule has 16 nitrogen and oxygen atoms in total. The van der Waals surface area contributed by atoms with Gasteiger partial charge in [0, 0.05) is 29.5 Å². The average Bonchev–Trinajstić information content (AvgIpc) is 3.85. The Kier molecular flexibility index (Phi) is 19.2. The minimum atomic E-state index is -0.0681. The topological polar surface area (TPSA) is 197 Å². The van der Waals surface area contributed by atoms with E-state index in [-0.39, 0.29) is 11.5 Å². The molecule has 4 fully saturated rings. The number of hydrogen-bond donors (Lipinski definition) is 7. The Morgan fingerprint density at radius 1 is 0.581 bits per heavy atom. The predicted octanol–water partition coefficient (Wildman–Crippen LogP) is 9.30. The van der Waals surface area contributed by atoms with Gasteiger partial charge in [-0.3, -0.25) is 5.32 Å². The van der Waals surface area contributed by atoms with Crippen LogP contribution in [-0.2, 0) is 0 Å². The van der Waals surface area contributed by atoms with Gasteiger partial charge in [-0.25, -0.2) is 0 Å². The van der Waals surface area contributed by atoms with Crippen molar-refractivity contribution in [3.8, 4) is 17.5 Å². The number of hydrogen-bond acceptors (Lipinski definition) is 16. The summed E-state index contributed by atoms with van der Waals surface area (Å²) in [6, 6.07) is 12.3. The molecule has 7 N–H and O–H groups in total. The molecule has 4 aromatic rings. The maximum absolute atomic E-state index is 8.50. The summed E-state index contributed by atoms with van der Waals surface area (Å²) in [6.07, 6.45) is 18.9. The van der Waals surface area contributed by atoms with Crippen LogP contribution in [0.15, 0.2) is 36.4 Å². The molecule has 0 radical (unpaired) electrons. The van der Waals surface area contributed by atoms with Crippen LogP contribution in [0.4, 0.5) is 35.2 Å². The lowest BCUT2D eigenvalue weighted by Gasteiger charge is -2.18. The number of anilines is 6. The number of ether oxygens (including phenoxy) is 3. The number of methoxy groups -OCH3 is 2. The number of benzene rings is 2. The van der Waals surface area contributed by atoms with E-state index < -0.39 is 0 Å². The maximum Gasteiger partial charge on any atom is 0.324 e. The van der Waals surface area contributed by atoms with Gasteiger partial charge in [-0.15, -0.1) is 0 Å². The zero-order valence-corrected chi connectivity index (χ0v) is 38.0. The van der Waals surface area contributed by atoms with Crippen LogP contribution in [0.2, 0.25) is 15.3 Å². The van der Waals surface area contributed by atoms with Crippen molar-refractivity contribution in [3.05, 3.63) is 51.7 Å². The van der Waals surface area contributed by atoms with Gasteiger partial charge in [0.25, 0.3) is 0 Å². The number of nitrogens with one attached hydrogen (secondary N) is 6. The van der Waals surface area contributed by atoms with Crippen molar-refractivity contribution >= 4 is 70.0 Å². The second kappa shape index (κ2) is 25.2. The first-order valence-electron chi connectivity index (χ1n) is 21.9. The zero-order valence-electron chi connectivity index (χ0n) is 35.7. The molecule has 19 heteroatoms. The van der Waals surface area contributed by atoms with Crippen LogP contribution in [0.25, 0.3) is 0 Å². The fraction of sp³-hybridized carbons (Fsp3) is 0.581. The first-order chi connectivity index (χ1) is 30.3. The van der Waals surface area contributed by atoms with E-state index in [4.69, 9.17) is 54.1 Å². The summed E-state index contributed by atoms with van der Waals surface area (Å²) in [4.78, 5) is 26.3. The molecule has 2 aromatic carbocycles. The molecule has 2 saturated heterocycles. The fourth-order valence-electron chi connectivity index (χ4n) is 7.75. The first-order valence-corrected chi connectivity index (χ1v) is 23.1. The standard InChI is InChI=1S/C21H29ClN6O2.C17H21Cl2N5O.C5H11NO/c1-29-17-11-10-15(13-16(17)22)25-20-26-19(24-14-7-4-2-3-5-8-14)27-21(28-20)30-18-9-6-12-23-18;1-25-14-9-8-12(10-13(14)18)21-17-23-15(19)22-16(24-17)20-11-6-4-2-3-5-7-11;7-4-5-2-1-3-6-5/h10-11,13-14,18,23H,2-9,12H2,1H3,(H2,24,25,26,27,28);8-11H,2-7H2,1H3,(H2,20,21,22,23,24);5-7H,1-4H2. The van der Waals surface area contributed by atoms with E-state index in [0.717, 1.165) is 69.4 Å². The highest BCUT2D eigenvalue weighted by Crippen LogP contribution is 2.31. The third-order valence-electron chi connectivity index (χ3n) is 11.1. The summed E-state index contributed by atoms with van der Waals surface area (Å²) < 4.78 is 16.3. The zero-order chi connectivity index (χ0) is 43.5. The number of halogens is 3. The quantitative estimate of drug-likeness (QED) is 0.0626. The Labute approximate surface area is 379 Å². The van der Waals surface area contributed by atoms with Gasteiger partial charge < -0.3 is 45.9 Å². The molecule has 338 valence electrons. The molecule has 4 heterocycles. The Balaban J connectivity index is 0.000000181. The number of rotatable bonds is 13. The van der Waals surface area contributed by atoms with E-state index in [1.54, 1.807) is 38.5 Å². The summed E-state index contributed by atoms with van der Waals surface area (Å²) in [5.74, 6) is 3.04. The summed E-state index contributed by atoms with van der Waals surface area (Å²) in [5.41, 5.74) is 1.51. The van der Waals surface area contributed by atoms with Crippen molar-refractivity contribution in [2.24, 2.45) is 0 Å². The largest absolute Gasteiger partial charge is 0.495 e. The van der Waals surface area contributed by atoms with Crippen LogP contribution in [0.3, 0.4) is 0 Å². The van der Waals surface area contributed by atoms with Gasteiger partial charge in [0.2, 0.25) is 29.1 Å². The van der Waals surface area contributed by atoms with Crippen LogP contribution < -0.4 is 46.1 Å². The predicted molar refractivity (Wildman–Crippen MR) is 247 cm³/mol. The summed E-state index contributed by atoms with van der Waals surface area (Å²) in [6.45, 7) is 2.34. The number of aliphatic hydroxyl groups excluding tert-OH is 1. The Morgan fingerprint density at radius 2 is 1.06 bits per heavy atom. The Morgan fingerprint density at radius 3 is 1.52 bits per heavy atom. The molecule has 62 heavy (non-hydrogen) atoms. The minimum Gasteiger partial charge on any atom is -0.495 e. The van der Waals surface area contributed by atoms with Crippen molar-refractivity contribution in [1.82, 2.24) is 40.5 Å². The van der Waals surface area contributed by atoms with E-state index in [9.17, 15) is 0 Å². The third-order valence-corrected chi connectivity index (χ3v) is 11.8. The van der Waals surface area contributed by atoms with Crippen LogP contribution in [0.5, 0.6) is 17.5 Å². The molecule has 2 saturated carbocycles. The van der Waals surface area contributed by atoms with Crippen LogP contribution in [-0.4, -0.2) is 93.3 Å². The highest BCUT2D eigenvalue weighted by molar-refractivity contribution is 6.32. The summed E-state index contributed by atoms with van der Waals surface area (Å²) >= 11 is 18.5. The molecule has 4 aliphatic rings. The van der Waals surface area contributed by atoms with Gasteiger partial charge in [-0.2, -0.15) is 29.9 Å².